The zero-order chi connectivity index (χ0) is 11.3. The average molecular weight is 208 g/mol. The van der Waals surface area contributed by atoms with Gasteiger partial charge >= 0.3 is 0 Å². The van der Waals surface area contributed by atoms with E-state index in [-0.39, 0.29) is 17.9 Å². The molecule has 0 bridgehead atoms. The number of nitrogens with one attached hydrogen (secondary N) is 1. The minimum absolute atomic E-state index is 0.0152. The summed E-state index contributed by atoms with van der Waals surface area (Å²) in [6, 6.07) is -0.377. The molecule has 1 unspecified atom stereocenters. The SMILES string of the molecule is C#CCCN1CCC(=O)NC(CC)C1=O. The van der Waals surface area contributed by atoms with Crippen molar-refractivity contribution in [3.05, 3.63) is 0 Å². The minimum Gasteiger partial charge on any atom is -0.344 e. The second-order valence-electron chi connectivity index (χ2n) is 3.56. The van der Waals surface area contributed by atoms with Crippen LogP contribution >= 0.6 is 0 Å². The van der Waals surface area contributed by atoms with E-state index in [2.05, 4.69) is 11.2 Å². The molecule has 0 aliphatic carbocycles. The maximum atomic E-state index is 11.9. The van der Waals surface area contributed by atoms with Gasteiger partial charge in [-0.15, -0.1) is 12.3 Å². The summed E-state index contributed by atoms with van der Waals surface area (Å²) in [6.07, 6.45) is 6.68. The fourth-order valence-corrected chi connectivity index (χ4v) is 1.59. The number of nitrogens with zero attached hydrogens (tertiary/aromatic N) is 1. The van der Waals surface area contributed by atoms with E-state index in [1.54, 1.807) is 4.90 Å². The summed E-state index contributed by atoms with van der Waals surface area (Å²) in [5, 5.41) is 2.70. The van der Waals surface area contributed by atoms with Crippen LogP contribution in [-0.2, 0) is 9.59 Å². The number of terminal acetylenes is 1. The Balaban J connectivity index is 2.67. The first-order valence-corrected chi connectivity index (χ1v) is 5.20. The van der Waals surface area contributed by atoms with Crippen LogP contribution in [0.25, 0.3) is 0 Å². The Hall–Kier alpha value is -1.50. The Bertz CT molecular complexity index is 293. The first kappa shape index (κ1) is 11.6. The van der Waals surface area contributed by atoms with Crippen LogP contribution in [0.4, 0.5) is 0 Å². The van der Waals surface area contributed by atoms with Gasteiger partial charge in [-0.2, -0.15) is 0 Å². The summed E-state index contributed by atoms with van der Waals surface area (Å²) < 4.78 is 0. The molecule has 1 saturated heterocycles. The Morgan fingerprint density at radius 3 is 2.93 bits per heavy atom. The zero-order valence-corrected chi connectivity index (χ0v) is 8.95. The molecule has 1 atom stereocenters. The molecular formula is C11H16N2O2. The number of carbonyl (C=O) groups excluding carboxylic acids is 2. The first-order valence-electron chi connectivity index (χ1n) is 5.20. The molecule has 82 valence electrons. The van der Waals surface area contributed by atoms with Crippen molar-refractivity contribution < 1.29 is 9.59 Å². The van der Waals surface area contributed by atoms with Crippen molar-refractivity contribution in [3.8, 4) is 12.3 Å². The van der Waals surface area contributed by atoms with Gasteiger partial charge in [0.15, 0.2) is 0 Å². The summed E-state index contributed by atoms with van der Waals surface area (Å²) in [6.45, 7) is 2.90. The van der Waals surface area contributed by atoms with Gasteiger partial charge in [-0.3, -0.25) is 9.59 Å². The number of hydrogen-bond acceptors (Lipinski definition) is 2. The van der Waals surface area contributed by atoms with Crippen molar-refractivity contribution >= 4 is 11.8 Å². The first-order chi connectivity index (χ1) is 7.19. The Kier molecular flexibility index (Phi) is 4.17. The summed E-state index contributed by atoms with van der Waals surface area (Å²) in [5.74, 6) is 2.43. The zero-order valence-electron chi connectivity index (χ0n) is 8.95. The highest BCUT2D eigenvalue weighted by molar-refractivity contribution is 5.89. The maximum absolute atomic E-state index is 11.9. The number of hydrogen-bond donors (Lipinski definition) is 1. The largest absolute Gasteiger partial charge is 0.344 e. The molecule has 1 heterocycles. The third-order valence-corrected chi connectivity index (χ3v) is 2.49. The van der Waals surface area contributed by atoms with Crippen LogP contribution in [0.2, 0.25) is 0 Å². The van der Waals surface area contributed by atoms with E-state index in [1.165, 1.54) is 0 Å². The van der Waals surface area contributed by atoms with Crippen LogP contribution in [0.1, 0.15) is 26.2 Å². The van der Waals surface area contributed by atoms with E-state index >= 15 is 0 Å². The Morgan fingerprint density at radius 2 is 2.33 bits per heavy atom. The van der Waals surface area contributed by atoms with Crippen molar-refractivity contribution in [2.45, 2.75) is 32.2 Å². The highest BCUT2D eigenvalue weighted by Crippen LogP contribution is 2.06. The van der Waals surface area contributed by atoms with Crippen LogP contribution in [0.5, 0.6) is 0 Å². The third-order valence-electron chi connectivity index (χ3n) is 2.49. The molecule has 0 spiro atoms. The molecule has 2 amide bonds. The predicted molar refractivity (Wildman–Crippen MR) is 56.9 cm³/mol. The van der Waals surface area contributed by atoms with Gasteiger partial charge in [0.05, 0.1) is 0 Å². The average Bonchev–Trinajstić information content (AvgIpc) is 2.37. The molecular weight excluding hydrogens is 192 g/mol. The smallest absolute Gasteiger partial charge is 0.245 e. The van der Waals surface area contributed by atoms with Gasteiger partial charge in [0.1, 0.15) is 6.04 Å². The van der Waals surface area contributed by atoms with Gasteiger partial charge in [0.2, 0.25) is 11.8 Å². The van der Waals surface area contributed by atoms with Crippen molar-refractivity contribution in [3.63, 3.8) is 0 Å². The molecule has 4 nitrogen and oxygen atoms in total. The molecule has 1 fully saturated rings. The van der Waals surface area contributed by atoms with Gasteiger partial charge in [-0.1, -0.05) is 6.92 Å². The molecule has 0 aromatic heterocycles. The van der Waals surface area contributed by atoms with Crippen molar-refractivity contribution in [2.24, 2.45) is 0 Å². The lowest BCUT2D eigenvalue weighted by Gasteiger charge is -2.22. The standard InChI is InChI=1S/C11H16N2O2/c1-3-5-7-13-8-6-10(14)12-9(4-2)11(13)15/h1,9H,4-8H2,2H3,(H,12,14). The maximum Gasteiger partial charge on any atom is 0.245 e. The van der Waals surface area contributed by atoms with Gasteiger partial charge in [-0.05, 0) is 6.42 Å². The van der Waals surface area contributed by atoms with E-state index in [1.807, 2.05) is 6.92 Å². The highest BCUT2D eigenvalue weighted by atomic mass is 16.2. The van der Waals surface area contributed by atoms with E-state index in [0.29, 0.717) is 32.4 Å². The molecule has 4 heteroatoms. The number of rotatable bonds is 3. The van der Waals surface area contributed by atoms with Crippen LogP contribution in [-0.4, -0.2) is 35.8 Å². The molecule has 0 radical (unpaired) electrons. The number of carbonyl (C=O) groups is 2. The molecule has 0 saturated carbocycles. The van der Waals surface area contributed by atoms with Crippen LogP contribution in [0, 0.1) is 12.3 Å². The van der Waals surface area contributed by atoms with Crippen LogP contribution in [0.15, 0.2) is 0 Å². The van der Waals surface area contributed by atoms with E-state index in [9.17, 15) is 9.59 Å². The van der Waals surface area contributed by atoms with Crippen molar-refractivity contribution in [1.82, 2.24) is 10.2 Å². The third kappa shape index (κ3) is 2.98. The monoisotopic (exact) mass is 208 g/mol. The van der Waals surface area contributed by atoms with Gasteiger partial charge in [0.25, 0.3) is 0 Å². The van der Waals surface area contributed by atoms with Gasteiger partial charge in [0, 0.05) is 25.9 Å². The Morgan fingerprint density at radius 1 is 1.60 bits per heavy atom. The second-order valence-corrected chi connectivity index (χ2v) is 3.56. The topological polar surface area (TPSA) is 49.4 Å². The molecule has 0 aromatic rings. The molecule has 0 aromatic carbocycles. The van der Waals surface area contributed by atoms with Gasteiger partial charge < -0.3 is 10.2 Å². The fraction of sp³-hybridized carbons (Fsp3) is 0.636. The lowest BCUT2D eigenvalue weighted by Crippen LogP contribution is -2.44. The lowest BCUT2D eigenvalue weighted by atomic mass is 10.2. The van der Waals surface area contributed by atoms with Crippen LogP contribution < -0.4 is 5.32 Å². The fourth-order valence-electron chi connectivity index (χ4n) is 1.59. The highest BCUT2D eigenvalue weighted by Gasteiger charge is 2.27. The van der Waals surface area contributed by atoms with Crippen molar-refractivity contribution in [2.75, 3.05) is 13.1 Å². The second kappa shape index (κ2) is 5.40. The molecule has 1 rings (SSSR count). The molecule has 1 aliphatic rings. The van der Waals surface area contributed by atoms with E-state index < -0.39 is 0 Å². The molecule has 1 N–H and O–H groups in total. The summed E-state index contributed by atoms with van der Waals surface area (Å²) >= 11 is 0. The molecule has 15 heavy (non-hydrogen) atoms. The molecule has 1 aliphatic heterocycles. The predicted octanol–water partition coefficient (Wildman–Crippen LogP) is 0.137. The summed E-state index contributed by atoms with van der Waals surface area (Å²) in [7, 11) is 0. The normalized spacial score (nSPS) is 21.9. The van der Waals surface area contributed by atoms with Crippen LogP contribution in [0.3, 0.4) is 0 Å². The summed E-state index contributed by atoms with van der Waals surface area (Å²) in [5.41, 5.74) is 0. The van der Waals surface area contributed by atoms with Gasteiger partial charge in [-0.25, -0.2) is 0 Å². The minimum atomic E-state index is -0.377. The van der Waals surface area contributed by atoms with E-state index in [0.717, 1.165) is 0 Å². The quantitative estimate of drug-likeness (QED) is 0.670. The van der Waals surface area contributed by atoms with Crippen molar-refractivity contribution in [1.29, 1.82) is 0 Å². The lowest BCUT2D eigenvalue weighted by molar-refractivity contribution is -0.133. The number of amides is 2. The summed E-state index contributed by atoms with van der Waals surface area (Å²) in [4.78, 5) is 24.8. The van der Waals surface area contributed by atoms with E-state index in [4.69, 9.17) is 6.42 Å². The Labute approximate surface area is 90.0 Å².